The Hall–Kier alpha value is -1.39. The molecule has 4 atom stereocenters. The molecule has 2 aliphatic carbocycles. The molecule has 1 aliphatic heterocycles. The highest BCUT2D eigenvalue weighted by molar-refractivity contribution is 14.0. The van der Waals surface area contributed by atoms with Crippen molar-refractivity contribution >= 4 is 35.8 Å². The van der Waals surface area contributed by atoms with Crippen LogP contribution >= 0.6 is 24.0 Å². The molecule has 0 radical (unpaired) electrons. The molecular formula is C19H32IN7O. The normalized spacial score (nSPS) is 28.5. The second-order valence-corrected chi connectivity index (χ2v) is 8.46. The van der Waals surface area contributed by atoms with Crippen LogP contribution in [0.1, 0.15) is 56.2 Å². The van der Waals surface area contributed by atoms with E-state index >= 15 is 0 Å². The lowest BCUT2D eigenvalue weighted by Gasteiger charge is -2.29. The highest BCUT2D eigenvalue weighted by atomic mass is 127. The van der Waals surface area contributed by atoms with E-state index in [4.69, 9.17) is 0 Å². The molecule has 4 unspecified atom stereocenters. The minimum atomic E-state index is 0. The molecule has 28 heavy (non-hydrogen) atoms. The SMILES string of the molecule is Cc1nc2n(n1)CCCC2NC(=NCC(=O)N(C)C)NC1CC2CCC1C2.I. The van der Waals surface area contributed by atoms with Crippen LogP contribution in [-0.4, -0.2) is 58.2 Å². The van der Waals surface area contributed by atoms with Gasteiger partial charge in [-0.1, -0.05) is 6.42 Å². The summed E-state index contributed by atoms with van der Waals surface area (Å²) in [5, 5.41) is 11.7. The molecule has 0 saturated heterocycles. The van der Waals surface area contributed by atoms with E-state index in [2.05, 4.69) is 25.7 Å². The summed E-state index contributed by atoms with van der Waals surface area (Å²) in [5.41, 5.74) is 0. The topological polar surface area (TPSA) is 87.4 Å². The van der Waals surface area contributed by atoms with E-state index in [1.165, 1.54) is 25.7 Å². The van der Waals surface area contributed by atoms with Gasteiger partial charge in [0.25, 0.3) is 0 Å². The van der Waals surface area contributed by atoms with Crippen molar-refractivity contribution in [3.63, 3.8) is 0 Å². The molecule has 8 nitrogen and oxygen atoms in total. The minimum absolute atomic E-state index is 0. The van der Waals surface area contributed by atoms with Crippen LogP contribution in [0, 0.1) is 18.8 Å². The zero-order chi connectivity index (χ0) is 19.0. The summed E-state index contributed by atoms with van der Waals surface area (Å²) in [5.74, 6) is 4.12. The van der Waals surface area contributed by atoms with E-state index in [1.54, 1.807) is 19.0 Å². The number of carbonyl (C=O) groups is 1. The number of guanidine groups is 1. The lowest BCUT2D eigenvalue weighted by atomic mass is 9.95. The molecule has 9 heteroatoms. The van der Waals surface area contributed by atoms with Gasteiger partial charge in [0, 0.05) is 26.7 Å². The highest BCUT2D eigenvalue weighted by Crippen LogP contribution is 2.44. The molecule has 2 N–H and O–H groups in total. The second-order valence-electron chi connectivity index (χ2n) is 8.46. The lowest BCUT2D eigenvalue weighted by Crippen LogP contribution is -2.48. The van der Waals surface area contributed by atoms with Crippen LogP contribution in [-0.2, 0) is 11.3 Å². The van der Waals surface area contributed by atoms with Crippen molar-refractivity contribution in [1.29, 1.82) is 0 Å². The molecule has 3 aliphatic rings. The molecule has 0 spiro atoms. The summed E-state index contributed by atoms with van der Waals surface area (Å²) in [6.07, 6.45) is 7.28. The molecule has 2 fully saturated rings. The van der Waals surface area contributed by atoms with Gasteiger partial charge in [0.2, 0.25) is 5.91 Å². The number of likely N-dealkylation sites (N-methyl/N-ethyl adjacent to an activating group) is 1. The van der Waals surface area contributed by atoms with Gasteiger partial charge in [0.15, 0.2) is 5.96 Å². The third-order valence-corrected chi connectivity index (χ3v) is 6.22. The third kappa shape index (κ3) is 4.60. The maximum Gasteiger partial charge on any atom is 0.243 e. The molecule has 0 aromatic carbocycles. The van der Waals surface area contributed by atoms with Crippen LogP contribution in [0.15, 0.2) is 4.99 Å². The van der Waals surface area contributed by atoms with E-state index < -0.39 is 0 Å². The Labute approximate surface area is 184 Å². The van der Waals surface area contributed by atoms with Crippen molar-refractivity contribution in [3.8, 4) is 0 Å². The third-order valence-electron chi connectivity index (χ3n) is 6.22. The summed E-state index contributed by atoms with van der Waals surface area (Å²) in [6, 6.07) is 0.548. The molecule has 1 aromatic rings. The van der Waals surface area contributed by atoms with Crippen LogP contribution in [0.4, 0.5) is 0 Å². The fourth-order valence-electron chi connectivity index (χ4n) is 4.79. The molecule has 156 valence electrons. The smallest absolute Gasteiger partial charge is 0.243 e. The van der Waals surface area contributed by atoms with Crippen molar-refractivity contribution in [2.24, 2.45) is 16.8 Å². The Balaban J connectivity index is 0.00000225. The first kappa shape index (κ1) is 21.3. The van der Waals surface area contributed by atoms with Gasteiger partial charge in [-0.3, -0.25) is 4.79 Å². The van der Waals surface area contributed by atoms with E-state index in [-0.39, 0.29) is 42.5 Å². The maximum atomic E-state index is 12.0. The van der Waals surface area contributed by atoms with Crippen LogP contribution in [0.3, 0.4) is 0 Å². The number of nitrogens with one attached hydrogen (secondary N) is 2. The van der Waals surface area contributed by atoms with Crippen LogP contribution in [0.5, 0.6) is 0 Å². The zero-order valence-corrected chi connectivity index (χ0v) is 19.3. The standard InChI is InChI=1S/C19H31N7O.HI/c1-12-21-18-15(5-4-8-26(18)24-12)22-19(20-11-17(27)25(2)3)23-16-10-13-6-7-14(16)9-13;/h13-16H,4-11H2,1-3H3,(H2,20,22,23);1H. The zero-order valence-electron chi connectivity index (χ0n) is 17.0. The van der Waals surface area contributed by atoms with Gasteiger partial charge in [-0.15, -0.1) is 24.0 Å². The minimum Gasteiger partial charge on any atom is -0.353 e. The first-order chi connectivity index (χ1) is 13.0. The summed E-state index contributed by atoms with van der Waals surface area (Å²) < 4.78 is 2.00. The van der Waals surface area contributed by atoms with Crippen molar-refractivity contribution in [3.05, 3.63) is 11.6 Å². The van der Waals surface area contributed by atoms with Gasteiger partial charge in [0.1, 0.15) is 18.2 Å². The lowest BCUT2D eigenvalue weighted by molar-refractivity contribution is -0.127. The van der Waals surface area contributed by atoms with Crippen LogP contribution in [0.25, 0.3) is 0 Å². The maximum absolute atomic E-state index is 12.0. The number of amides is 1. The number of aliphatic imine (C=N–C) groups is 1. The van der Waals surface area contributed by atoms with E-state index in [0.717, 1.165) is 48.8 Å². The van der Waals surface area contributed by atoms with Gasteiger partial charge in [-0.2, -0.15) is 5.10 Å². The number of carbonyl (C=O) groups excluding carboxylic acids is 1. The van der Waals surface area contributed by atoms with Gasteiger partial charge < -0.3 is 15.5 Å². The molecule has 2 saturated carbocycles. The predicted molar refractivity (Wildman–Crippen MR) is 119 cm³/mol. The molecular weight excluding hydrogens is 469 g/mol. The number of aryl methyl sites for hydroxylation is 2. The largest absolute Gasteiger partial charge is 0.353 e. The molecule has 4 rings (SSSR count). The Kier molecular flexibility index (Phi) is 6.82. The average Bonchev–Trinajstić information content (AvgIpc) is 3.34. The summed E-state index contributed by atoms with van der Waals surface area (Å²) in [6.45, 7) is 3.00. The predicted octanol–water partition coefficient (Wildman–Crippen LogP) is 1.85. The van der Waals surface area contributed by atoms with Gasteiger partial charge >= 0.3 is 0 Å². The van der Waals surface area contributed by atoms with E-state index in [1.807, 2.05) is 11.6 Å². The Morgan fingerprint density at radius 1 is 1.25 bits per heavy atom. The number of fused-ring (bicyclic) bond motifs is 3. The van der Waals surface area contributed by atoms with Crippen molar-refractivity contribution in [1.82, 2.24) is 30.3 Å². The van der Waals surface area contributed by atoms with Crippen LogP contribution in [0.2, 0.25) is 0 Å². The molecule has 2 bridgehead atoms. The summed E-state index contributed by atoms with van der Waals surface area (Å²) >= 11 is 0. The fourth-order valence-corrected chi connectivity index (χ4v) is 4.79. The first-order valence-electron chi connectivity index (χ1n) is 10.2. The Morgan fingerprint density at radius 3 is 2.75 bits per heavy atom. The monoisotopic (exact) mass is 501 g/mol. The van der Waals surface area contributed by atoms with Crippen LogP contribution < -0.4 is 10.6 Å². The van der Waals surface area contributed by atoms with E-state index in [9.17, 15) is 4.79 Å². The number of hydrogen-bond acceptors (Lipinski definition) is 4. The number of hydrogen-bond donors (Lipinski definition) is 2. The van der Waals surface area contributed by atoms with Crippen molar-refractivity contribution in [2.45, 2.75) is 64.1 Å². The number of halogens is 1. The number of aromatic nitrogens is 3. The van der Waals surface area contributed by atoms with E-state index in [0.29, 0.717) is 6.04 Å². The quantitative estimate of drug-likeness (QED) is 0.374. The number of nitrogens with zero attached hydrogens (tertiary/aromatic N) is 5. The van der Waals surface area contributed by atoms with Gasteiger partial charge in [0.05, 0.1) is 6.04 Å². The molecule has 2 heterocycles. The van der Waals surface area contributed by atoms with Crippen molar-refractivity contribution < 1.29 is 4.79 Å². The van der Waals surface area contributed by atoms with Gasteiger partial charge in [-0.05, 0) is 50.9 Å². The fraction of sp³-hybridized carbons (Fsp3) is 0.789. The number of rotatable bonds is 4. The summed E-state index contributed by atoms with van der Waals surface area (Å²) in [4.78, 5) is 22.8. The molecule has 1 aromatic heterocycles. The van der Waals surface area contributed by atoms with Gasteiger partial charge in [-0.25, -0.2) is 14.7 Å². The highest BCUT2D eigenvalue weighted by Gasteiger charge is 2.40. The first-order valence-corrected chi connectivity index (χ1v) is 10.2. The molecule has 1 amide bonds. The Bertz CT molecular complexity index is 732. The summed E-state index contributed by atoms with van der Waals surface area (Å²) in [7, 11) is 3.53. The average molecular weight is 501 g/mol. The Morgan fingerprint density at radius 2 is 2.07 bits per heavy atom. The van der Waals surface area contributed by atoms with Crippen molar-refractivity contribution in [2.75, 3.05) is 20.6 Å². The second kappa shape index (κ2) is 8.96.